The topological polar surface area (TPSA) is 33.0 Å². The lowest BCUT2D eigenvalue weighted by atomic mass is 10.1. The van der Waals surface area contributed by atoms with Gasteiger partial charge in [0, 0.05) is 5.56 Å². The van der Waals surface area contributed by atoms with Gasteiger partial charge < -0.3 is 4.74 Å². The Kier molecular flexibility index (Phi) is 2.65. The van der Waals surface area contributed by atoms with Crippen molar-refractivity contribution in [2.45, 2.75) is 0 Å². The molecule has 2 nitrogen and oxygen atoms in total. The van der Waals surface area contributed by atoms with E-state index in [-0.39, 0.29) is 11.3 Å². The fraction of sp³-hybridized carbons (Fsp3) is 0.100. The van der Waals surface area contributed by atoms with Crippen molar-refractivity contribution in [2.75, 3.05) is 7.11 Å². The van der Waals surface area contributed by atoms with Crippen molar-refractivity contribution in [1.29, 1.82) is 5.26 Å². The lowest BCUT2D eigenvalue weighted by molar-refractivity contribution is 0.409. The first-order valence-electron chi connectivity index (χ1n) is 3.63. The molecule has 1 aromatic carbocycles. The average Bonchev–Trinajstić information content (AvgIpc) is 2.17. The minimum atomic E-state index is -0.586. The first-order chi connectivity index (χ1) is 6.24. The average molecular weight is 177 g/mol. The molecule has 13 heavy (non-hydrogen) atoms. The second kappa shape index (κ2) is 3.72. The maximum Gasteiger partial charge on any atom is 0.151 e. The van der Waals surface area contributed by atoms with Gasteiger partial charge in [-0.05, 0) is 12.1 Å². The molecule has 0 radical (unpaired) electrons. The number of rotatable bonds is 2. The van der Waals surface area contributed by atoms with Crippen LogP contribution in [0, 0.1) is 17.1 Å². The van der Waals surface area contributed by atoms with E-state index in [1.807, 2.05) is 0 Å². The number of hydrogen-bond donors (Lipinski definition) is 0. The Morgan fingerprint density at radius 2 is 2.31 bits per heavy atom. The quantitative estimate of drug-likeness (QED) is 0.694. The van der Waals surface area contributed by atoms with Gasteiger partial charge in [-0.2, -0.15) is 5.26 Å². The van der Waals surface area contributed by atoms with Crippen LogP contribution in [-0.4, -0.2) is 7.11 Å². The van der Waals surface area contributed by atoms with Crippen LogP contribution in [0.4, 0.5) is 4.39 Å². The molecule has 0 bridgehead atoms. The zero-order chi connectivity index (χ0) is 9.84. The van der Waals surface area contributed by atoms with E-state index >= 15 is 0 Å². The third kappa shape index (κ3) is 1.52. The molecule has 1 aromatic rings. The van der Waals surface area contributed by atoms with Crippen molar-refractivity contribution in [2.24, 2.45) is 0 Å². The molecule has 1 rings (SSSR count). The molecule has 0 aliphatic carbocycles. The van der Waals surface area contributed by atoms with E-state index in [1.165, 1.54) is 19.3 Å². The summed E-state index contributed by atoms with van der Waals surface area (Å²) in [5.74, 6) is -0.345. The number of nitrogens with zero attached hydrogens (tertiary/aromatic N) is 1. The molecule has 0 saturated carbocycles. The monoisotopic (exact) mass is 177 g/mol. The van der Waals surface area contributed by atoms with Crippen LogP contribution in [0.25, 0.3) is 6.08 Å². The molecule has 0 atom stereocenters. The summed E-state index contributed by atoms with van der Waals surface area (Å²) in [4.78, 5) is 0. The predicted octanol–water partition coefficient (Wildman–Crippen LogP) is 2.35. The molecular weight excluding hydrogens is 169 g/mol. The predicted molar refractivity (Wildman–Crippen MR) is 47.8 cm³/mol. The highest BCUT2D eigenvalue weighted by Crippen LogP contribution is 2.23. The van der Waals surface area contributed by atoms with E-state index in [4.69, 9.17) is 10.00 Å². The molecule has 0 saturated heterocycles. The van der Waals surface area contributed by atoms with Crippen LogP contribution < -0.4 is 4.74 Å². The Labute approximate surface area is 75.9 Å². The van der Waals surface area contributed by atoms with Crippen molar-refractivity contribution in [1.82, 2.24) is 0 Å². The number of hydrogen-bond acceptors (Lipinski definition) is 2. The Balaban J connectivity index is 3.42. The lowest BCUT2D eigenvalue weighted by Crippen LogP contribution is -1.94. The molecule has 66 valence electrons. The van der Waals surface area contributed by atoms with E-state index < -0.39 is 5.82 Å². The minimum Gasteiger partial charge on any atom is -0.495 e. The molecule has 0 aliphatic heterocycles. The molecule has 0 unspecified atom stereocenters. The van der Waals surface area contributed by atoms with Crippen LogP contribution in [0.3, 0.4) is 0 Å². The van der Waals surface area contributed by atoms with Crippen LogP contribution in [0.1, 0.15) is 11.1 Å². The van der Waals surface area contributed by atoms with Crippen molar-refractivity contribution in [3.8, 4) is 11.8 Å². The molecule has 0 N–H and O–H groups in total. The first kappa shape index (κ1) is 9.27. The SMILES string of the molecule is C=Cc1ccc(OC)c(C#N)c1F. The number of benzene rings is 1. The number of methoxy groups -OCH3 is 1. The van der Waals surface area contributed by atoms with Gasteiger partial charge in [-0.3, -0.25) is 0 Å². The second-order valence-electron chi connectivity index (χ2n) is 2.36. The highest BCUT2D eigenvalue weighted by molar-refractivity contribution is 5.56. The van der Waals surface area contributed by atoms with Gasteiger partial charge in [-0.25, -0.2) is 4.39 Å². The molecule has 0 aliphatic rings. The van der Waals surface area contributed by atoms with E-state index in [0.29, 0.717) is 5.56 Å². The zero-order valence-corrected chi connectivity index (χ0v) is 7.17. The van der Waals surface area contributed by atoms with Gasteiger partial charge in [0.1, 0.15) is 17.4 Å². The van der Waals surface area contributed by atoms with E-state index in [0.717, 1.165) is 0 Å². The van der Waals surface area contributed by atoms with Crippen LogP contribution in [-0.2, 0) is 0 Å². The summed E-state index contributed by atoms with van der Waals surface area (Å²) in [5, 5.41) is 8.65. The molecule has 0 fully saturated rings. The van der Waals surface area contributed by atoms with Gasteiger partial charge in [0.2, 0.25) is 0 Å². The van der Waals surface area contributed by atoms with E-state index in [1.54, 1.807) is 12.1 Å². The number of nitriles is 1. The summed E-state index contributed by atoms with van der Waals surface area (Å²) in [7, 11) is 1.39. The highest BCUT2D eigenvalue weighted by atomic mass is 19.1. The van der Waals surface area contributed by atoms with Crippen LogP contribution in [0.5, 0.6) is 5.75 Å². The standard InChI is InChI=1S/C10H8FNO/c1-3-7-4-5-9(13-2)8(6-12)10(7)11/h3-5H,1H2,2H3. The fourth-order valence-electron chi connectivity index (χ4n) is 1.01. The summed E-state index contributed by atoms with van der Waals surface area (Å²) < 4.78 is 18.2. The third-order valence-electron chi connectivity index (χ3n) is 1.69. The third-order valence-corrected chi connectivity index (χ3v) is 1.69. The molecule has 0 aromatic heterocycles. The molecular formula is C10H8FNO. The number of halogens is 1. The highest BCUT2D eigenvalue weighted by Gasteiger charge is 2.11. The van der Waals surface area contributed by atoms with Crippen LogP contribution >= 0.6 is 0 Å². The van der Waals surface area contributed by atoms with Crippen LogP contribution in [0.2, 0.25) is 0 Å². The summed E-state index contributed by atoms with van der Waals surface area (Å²) >= 11 is 0. The Bertz CT molecular complexity index is 379. The van der Waals surface area contributed by atoms with Gasteiger partial charge in [-0.1, -0.05) is 12.7 Å². The summed E-state index contributed by atoms with van der Waals surface area (Å²) in [6, 6.07) is 4.80. The maximum absolute atomic E-state index is 13.3. The molecule has 0 amide bonds. The fourth-order valence-corrected chi connectivity index (χ4v) is 1.01. The van der Waals surface area contributed by atoms with Gasteiger partial charge >= 0.3 is 0 Å². The smallest absolute Gasteiger partial charge is 0.151 e. The number of ether oxygens (including phenoxy) is 1. The normalized spacial score (nSPS) is 9.00. The first-order valence-corrected chi connectivity index (χ1v) is 3.63. The Morgan fingerprint density at radius 3 is 2.77 bits per heavy atom. The summed E-state index contributed by atoms with van der Waals surface area (Å²) in [6.45, 7) is 3.43. The maximum atomic E-state index is 13.3. The second-order valence-corrected chi connectivity index (χ2v) is 2.36. The summed E-state index contributed by atoms with van der Waals surface area (Å²) in [5.41, 5.74) is 0.220. The minimum absolute atomic E-state index is 0.0834. The Morgan fingerprint density at radius 1 is 1.62 bits per heavy atom. The van der Waals surface area contributed by atoms with Crippen molar-refractivity contribution in [3.63, 3.8) is 0 Å². The van der Waals surface area contributed by atoms with Crippen molar-refractivity contribution < 1.29 is 9.13 Å². The molecule has 3 heteroatoms. The van der Waals surface area contributed by atoms with Crippen molar-refractivity contribution in [3.05, 3.63) is 35.7 Å². The van der Waals surface area contributed by atoms with Gasteiger partial charge in [-0.15, -0.1) is 0 Å². The molecule has 0 heterocycles. The van der Waals surface area contributed by atoms with E-state index in [2.05, 4.69) is 6.58 Å². The van der Waals surface area contributed by atoms with Gasteiger partial charge in [0.15, 0.2) is 5.82 Å². The lowest BCUT2D eigenvalue weighted by Gasteiger charge is -2.04. The Hall–Kier alpha value is -1.82. The van der Waals surface area contributed by atoms with Gasteiger partial charge in [0.25, 0.3) is 0 Å². The van der Waals surface area contributed by atoms with E-state index in [9.17, 15) is 4.39 Å². The zero-order valence-electron chi connectivity index (χ0n) is 7.17. The molecule has 0 spiro atoms. The van der Waals surface area contributed by atoms with Gasteiger partial charge in [0.05, 0.1) is 7.11 Å². The van der Waals surface area contributed by atoms with Crippen molar-refractivity contribution >= 4 is 6.08 Å². The summed E-state index contributed by atoms with van der Waals surface area (Å²) in [6.07, 6.45) is 1.36. The van der Waals surface area contributed by atoms with Crippen LogP contribution in [0.15, 0.2) is 18.7 Å². The largest absolute Gasteiger partial charge is 0.495 e.